The molecule has 0 amide bonds. The number of aromatic nitrogens is 3. The third-order valence-electron chi connectivity index (χ3n) is 1.59. The highest BCUT2D eigenvalue weighted by molar-refractivity contribution is 7.97. The molecule has 14 heavy (non-hydrogen) atoms. The lowest BCUT2D eigenvalue weighted by Crippen LogP contribution is -1.97. The molecule has 0 saturated heterocycles. The van der Waals surface area contributed by atoms with Gasteiger partial charge in [-0.1, -0.05) is 6.92 Å². The summed E-state index contributed by atoms with van der Waals surface area (Å²) in [6.45, 7) is 2.03. The molecule has 2 N–H and O–H groups in total. The van der Waals surface area contributed by atoms with Crippen LogP contribution in [0.2, 0.25) is 0 Å². The van der Waals surface area contributed by atoms with Gasteiger partial charge >= 0.3 is 0 Å². The summed E-state index contributed by atoms with van der Waals surface area (Å²) >= 11 is 1.50. The fraction of sp³-hybridized carbons (Fsp3) is 0.250. The second kappa shape index (κ2) is 3.75. The molecule has 0 radical (unpaired) electrons. The molecule has 2 heterocycles. The van der Waals surface area contributed by atoms with Gasteiger partial charge in [0.05, 0.1) is 6.26 Å². The number of nitrogen functional groups attached to an aromatic ring is 1. The smallest absolute Gasteiger partial charge is 0.229 e. The Kier molecular flexibility index (Phi) is 2.45. The summed E-state index contributed by atoms with van der Waals surface area (Å²) in [6, 6.07) is 3.59. The predicted molar refractivity (Wildman–Crippen MR) is 55.7 cm³/mol. The van der Waals surface area contributed by atoms with Gasteiger partial charge in [-0.3, -0.25) is 0 Å². The van der Waals surface area contributed by atoms with Gasteiger partial charge < -0.3 is 10.2 Å². The average molecular weight is 210 g/mol. The van der Waals surface area contributed by atoms with Gasteiger partial charge in [-0.05, 0) is 24.1 Å². The number of anilines is 1. The second-order valence-electron chi connectivity index (χ2n) is 2.56. The zero-order chi connectivity index (χ0) is 9.97. The Hall–Kier alpha value is -1.43. The highest BCUT2D eigenvalue weighted by Gasteiger charge is 2.10. The molecule has 0 bridgehead atoms. The highest BCUT2D eigenvalue weighted by atomic mass is 32.2. The molecule has 2 rings (SSSR count). The Labute approximate surface area is 85.4 Å². The molecular weight excluding hydrogens is 200 g/mol. The van der Waals surface area contributed by atoms with Crippen LogP contribution in [0.15, 0.2) is 22.8 Å². The summed E-state index contributed by atoms with van der Waals surface area (Å²) in [4.78, 5) is 4.09. The number of hydrogen-bond acceptors (Lipinski definition) is 5. The van der Waals surface area contributed by atoms with Crippen molar-refractivity contribution in [1.29, 1.82) is 0 Å². The van der Waals surface area contributed by atoms with Crippen LogP contribution in [0.25, 0.3) is 11.6 Å². The van der Waals surface area contributed by atoms with E-state index in [1.807, 2.05) is 6.92 Å². The lowest BCUT2D eigenvalue weighted by molar-refractivity contribution is 0.577. The van der Waals surface area contributed by atoms with Crippen molar-refractivity contribution in [3.8, 4) is 11.6 Å². The van der Waals surface area contributed by atoms with E-state index in [9.17, 15) is 0 Å². The highest BCUT2D eigenvalue weighted by Crippen LogP contribution is 2.19. The molecule has 0 saturated carbocycles. The van der Waals surface area contributed by atoms with Gasteiger partial charge in [0, 0.05) is 5.75 Å². The number of rotatable bonds is 3. The molecule has 0 unspecified atom stereocenters. The molecule has 5 nitrogen and oxygen atoms in total. The van der Waals surface area contributed by atoms with E-state index in [1.54, 1.807) is 22.5 Å². The van der Waals surface area contributed by atoms with Crippen LogP contribution in [0.1, 0.15) is 6.92 Å². The molecule has 0 aromatic carbocycles. The van der Waals surface area contributed by atoms with Gasteiger partial charge in [0.15, 0.2) is 5.76 Å². The van der Waals surface area contributed by atoms with Gasteiger partial charge in [0.25, 0.3) is 0 Å². The quantitative estimate of drug-likeness (QED) is 0.833. The minimum Gasteiger partial charge on any atom is -0.461 e. The zero-order valence-electron chi connectivity index (χ0n) is 7.67. The van der Waals surface area contributed by atoms with Crippen molar-refractivity contribution < 1.29 is 4.42 Å². The lowest BCUT2D eigenvalue weighted by Gasteiger charge is -1.95. The molecule has 2 aromatic rings. The molecular formula is C8H10N4OS. The summed E-state index contributed by atoms with van der Waals surface area (Å²) in [6.07, 6.45) is 1.58. The first kappa shape index (κ1) is 9.14. The lowest BCUT2D eigenvalue weighted by atomic mass is 10.4. The number of nitrogens with zero attached hydrogens (tertiary/aromatic N) is 3. The summed E-state index contributed by atoms with van der Waals surface area (Å²) in [5, 5.41) is 4.19. The largest absolute Gasteiger partial charge is 0.461 e. The van der Waals surface area contributed by atoms with Gasteiger partial charge in [-0.2, -0.15) is 9.07 Å². The minimum atomic E-state index is 0.392. The molecule has 0 atom stereocenters. The van der Waals surface area contributed by atoms with Crippen molar-refractivity contribution in [1.82, 2.24) is 14.2 Å². The Balaban J connectivity index is 2.33. The summed E-state index contributed by atoms with van der Waals surface area (Å²) in [5.74, 6) is 2.44. The van der Waals surface area contributed by atoms with Gasteiger partial charge in [0.2, 0.25) is 11.8 Å². The molecule has 0 aliphatic rings. The molecule has 6 heteroatoms. The van der Waals surface area contributed by atoms with E-state index in [2.05, 4.69) is 10.1 Å². The first-order chi connectivity index (χ1) is 6.81. The van der Waals surface area contributed by atoms with E-state index in [4.69, 9.17) is 10.2 Å². The van der Waals surface area contributed by atoms with Gasteiger partial charge in [0.1, 0.15) is 0 Å². The first-order valence-corrected chi connectivity index (χ1v) is 5.15. The van der Waals surface area contributed by atoms with Crippen LogP contribution in [0.5, 0.6) is 0 Å². The topological polar surface area (TPSA) is 69.9 Å². The van der Waals surface area contributed by atoms with Gasteiger partial charge in [-0.15, -0.1) is 5.10 Å². The molecule has 0 aliphatic heterocycles. The first-order valence-electron chi connectivity index (χ1n) is 4.21. The fourth-order valence-corrected chi connectivity index (χ4v) is 1.59. The van der Waals surface area contributed by atoms with Crippen molar-refractivity contribution in [3.05, 3.63) is 18.4 Å². The monoisotopic (exact) mass is 210 g/mol. The van der Waals surface area contributed by atoms with Crippen molar-refractivity contribution in [2.45, 2.75) is 6.92 Å². The van der Waals surface area contributed by atoms with E-state index in [0.29, 0.717) is 17.5 Å². The van der Waals surface area contributed by atoms with Crippen LogP contribution in [-0.4, -0.2) is 19.9 Å². The van der Waals surface area contributed by atoms with E-state index in [-0.39, 0.29) is 0 Å². The average Bonchev–Trinajstić information content (AvgIpc) is 2.76. The summed E-state index contributed by atoms with van der Waals surface area (Å²) < 4.78 is 6.76. The van der Waals surface area contributed by atoms with Crippen LogP contribution in [-0.2, 0) is 0 Å². The summed E-state index contributed by atoms with van der Waals surface area (Å²) in [7, 11) is 0. The fourth-order valence-electron chi connectivity index (χ4n) is 1.04. The molecule has 74 valence electrons. The van der Waals surface area contributed by atoms with E-state index >= 15 is 0 Å². The number of hydrogen-bond donors (Lipinski definition) is 1. The van der Waals surface area contributed by atoms with E-state index in [0.717, 1.165) is 5.75 Å². The minimum absolute atomic E-state index is 0.392. The number of nitrogens with two attached hydrogens (primary N) is 1. The van der Waals surface area contributed by atoms with Crippen molar-refractivity contribution in [3.63, 3.8) is 0 Å². The number of furan rings is 1. The van der Waals surface area contributed by atoms with Crippen molar-refractivity contribution in [2.24, 2.45) is 0 Å². The van der Waals surface area contributed by atoms with E-state index < -0.39 is 0 Å². The third kappa shape index (κ3) is 1.60. The Morgan fingerprint density at radius 2 is 2.50 bits per heavy atom. The molecule has 0 spiro atoms. The van der Waals surface area contributed by atoms with Crippen LogP contribution < -0.4 is 5.73 Å². The maximum absolute atomic E-state index is 5.66. The van der Waals surface area contributed by atoms with Crippen LogP contribution in [0.4, 0.5) is 5.95 Å². The van der Waals surface area contributed by atoms with Gasteiger partial charge in [-0.25, -0.2) is 0 Å². The predicted octanol–water partition coefficient (Wildman–Crippen LogP) is 1.64. The van der Waals surface area contributed by atoms with Crippen molar-refractivity contribution in [2.75, 3.05) is 11.5 Å². The van der Waals surface area contributed by atoms with Crippen LogP contribution in [0.3, 0.4) is 0 Å². The second-order valence-corrected chi connectivity index (χ2v) is 3.74. The molecule has 0 aliphatic carbocycles. The third-order valence-corrected chi connectivity index (χ3v) is 2.37. The van der Waals surface area contributed by atoms with Crippen molar-refractivity contribution >= 4 is 17.9 Å². The SMILES string of the molecule is CCSn1nc(-c2ccco2)nc1N. The Morgan fingerprint density at radius 1 is 1.64 bits per heavy atom. The van der Waals surface area contributed by atoms with E-state index in [1.165, 1.54) is 11.9 Å². The standard InChI is InChI=1S/C8H10N4OS/c1-2-14-12-8(9)10-7(11-12)6-4-3-5-13-6/h3-5H,2H2,1H3,(H2,9,10,11). The van der Waals surface area contributed by atoms with Crippen LogP contribution >= 0.6 is 11.9 Å². The zero-order valence-corrected chi connectivity index (χ0v) is 8.49. The Bertz CT molecular complexity index is 409. The van der Waals surface area contributed by atoms with Crippen LogP contribution in [0, 0.1) is 0 Å². The maximum Gasteiger partial charge on any atom is 0.229 e. The molecule has 2 aromatic heterocycles. The Morgan fingerprint density at radius 3 is 3.14 bits per heavy atom. The summed E-state index contributed by atoms with van der Waals surface area (Å²) in [5.41, 5.74) is 5.66. The molecule has 0 fully saturated rings. The maximum atomic E-state index is 5.66. The normalized spacial score (nSPS) is 10.6.